The Morgan fingerprint density at radius 2 is 0.648 bits per heavy atom. The van der Waals surface area contributed by atoms with Gasteiger partial charge >= 0.3 is 0 Å². The first-order chi connectivity index (χ1) is 26.3. The highest BCUT2D eigenvalue weighted by atomic mass is 14.4. The fraction of sp³-hybridized carbons (Fsp3) is 0.111. The van der Waals surface area contributed by atoms with Crippen molar-refractivity contribution in [3.8, 4) is 55.6 Å². The van der Waals surface area contributed by atoms with E-state index in [9.17, 15) is 0 Å². The average Bonchev–Trinajstić information content (AvgIpc) is 3.57. The zero-order chi connectivity index (χ0) is 36.3. The molecule has 0 bridgehead atoms. The van der Waals surface area contributed by atoms with E-state index in [-0.39, 0.29) is 10.8 Å². The van der Waals surface area contributed by atoms with Crippen LogP contribution in [-0.4, -0.2) is 0 Å². The van der Waals surface area contributed by atoms with Crippen molar-refractivity contribution >= 4 is 32.3 Å². The summed E-state index contributed by atoms with van der Waals surface area (Å²) in [7, 11) is 0. The third-order valence-corrected chi connectivity index (χ3v) is 12.8. The first-order valence-corrected chi connectivity index (χ1v) is 19.3. The standard InChI is InChI=1S/C54H40/c1-53(2)47-30-36(37-23-26-41-46-28-34-16-8-9-17-35(34)29-50(46)54(3,4)48(41)31-37)22-25-39(47)40-27-24-38(32-49(40)53)52-44-20-12-10-18-42(44)51(33-14-6-5-7-15-33)43-19-11-13-21-45(43)52/h5-32H,1-4H3. The maximum absolute atomic E-state index is 2.49. The third-order valence-electron chi connectivity index (χ3n) is 12.8. The molecule has 0 spiro atoms. The minimum atomic E-state index is -0.154. The molecular weight excluding hydrogens is 649 g/mol. The van der Waals surface area contributed by atoms with Gasteiger partial charge in [0.25, 0.3) is 0 Å². The molecule has 0 heteroatoms. The van der Waals surface area contributed by atoms with Crippen LogP contribution in [0.3, 0.4) is 0 Å². The van der Waals surface area contributed by atoms with Gasteiger partial charge in [-0.1, -0.05) is 167 Å². The summed E-state index contributed by atoms with van der Waals surface area (Å²) in [5.41, 5.74) is 18.5. The van der Waals surface area contributed by atoms with Gasteiger partial charge in [-0.2, -0.15) is 0 Å². The molecule has 0 aromatic heterocycles. The Labute approximate surface area is 317 Å². The molecule has 0 heterocycles. The first kappa shape index (κ1) is 31.3. The summed E-state index contributed by atoms with van der Waals surface area (Å²) in [5.74, 6) is 0. The van der Waals surface area contributed by atoms with Crippen LogP contribution in [-0.2, 0) is 10.8 Å². The minimum Gasteiger partial charge on any atom is -0.0622 e. The molecule has 2 aliphatic rings. The van der Waals surface area contributed by atoms with E-state index in [2.05, 4.69) is 198 Å². The lowest BCUT2D eigenvalue weighted by Crippen LogP contribution is -2.15. The van der Waals surface area contributed by atoms with Gasteiger partial charge in [0.15, 0.2) is 0 Å². The fourth-order valence-electron chi connectivity index (χ4n) is 10.0. The normalized spacial score (nSPS) is 14.6. The Hall–Kier alpha value is -6.24. The molecule has 0 aliphatic heterocycles. The quantitative estimate of drug-likeness (QED) is 0.162. The number of hydrogen-bond donors (Lipinski definition) is 0. The molecule has 9 aromatic rings. The Bertz CT molecular complexity index is 2970. The van der Waals surface area contributed by atoms with Crippen LogP contribution in [0.15, 0.2) is 170 Å². The van der Waals surface area contributed by atoms with Crippen molar-refractivity contribution in [1.82, 2.24) is 0 Å². The van der Waals surface area contributed by atoms with Gasteiger partial charge in [-0.25, -0.2) is 0 Å². The highest BCUT2D eigenvalue weighted by Gasteiger charge is 2.38. The van der Waals surface area contributed by atoms with Gasteiger partial charge in [-0.05, 0) is 141 Å². The second-order valence-electron chi connectivity index (χ2n) is 16.5. The molecule has 0 radical (unpaired) electrons. The van der Waals surface area contributed by atoms with Crippen molar-refractivity contribution < 1.29 is 0 Å². The SMILES string of the molecule is CC1(C)c2cc(-c3ccc4c(c3)C(C)(C)c3cc5ccccc5cc3-4)ccc2-c2ccc(-c3c4ccccc4c(-c4ccccc4)c4ccccc34)cc21. The van der Waals surface area contributed by atoms with Crippen molar-refractivity contribution in [2.24, 2.45) is 0 Å². The Morgan fingerprint density at radius 3 is 1.17 bits per heavy atom. The van der Waals surface area contributed by atoms with Gasteiger partial charge in [-0.15, -0.1) is 0 Å². The molecule has 256 valence electrons. The zero-order valence-corrected chi connectivity index (χ0v) is 31.2. The Balaban J connectivity index is 1.03. The molecule has 11 rings (SSSR count). The lowest BCUT2D eigenvalue weighted by Gasteiger charge is -2.24. The first-order valence-electron chi connectivity index (χ1n) is 19.3. The highest BCUT2D eigenvalue weighted by molar-refractivity contribution is 6.21. The van der Waals surface area contributed by atoms with E-state index < -0.39 is 0 Å². The van der Waals surface area contributed by atoms with Gasteiger partial charge in [0.05, 0.1) is 0 Å². The largest absolute Gasteiger partial charge is 0.0622 e. The summed E-state index contributed by atoms with van der Waals surface area (Å²) < 4.78 is 0. The summed E-state index contributed by atoms with van der Waals surface area (Å²) in [6.45, 7) is 9.59. The predicted octanol–water partition coefficient (Wildman–Crippen LogP) is 14.8. The van der Waals surface area contributed by atoms with E-state index in [1.807, 2.05) is 0 Å². The van der Waals surface area contributed by atoms with Crippen molar-refractivity contribution in [3.63, 3.8) is 0 Å². The summed E-state index contributed by atoms with van der Waals surface area (Å²) in [6.07, 6.45) is 0. The smallest absolute Gasteiger partial charge is 0.0159 e. The number of hydrogen-bond acceptors (Lipinski definition) is 0. The lowest BCUT2D eigenvalue weighted by atomic mass is 9.79. The average molecular weight is 689 g/mol. The van der Waals surface area contributed by atoms with Crippen LogP contribution in [0.1, 0.15) is 49.9 Å². The van der Waals surface area contributed by atoms with Crippen LogP contribution < -0.4 is 0 Å². The Morgan fingerprint density at radius 1 is 0.278 bits per heavy atom. The van der Waals surface area contributed by atoms with Crippen molar-refractivity contribution in [2.75, 3.05) is 0 Å². The van der Waals surface area contributed by atoms with Crippen LogP contribution >= 0.6 is 0 Å². The monoisotopic (exact) mass is 688 g/mol. The van der Waals surface area contributed by atoms with E-state index >= 15 is 0 Å². The molecule has 0 N–H and O–H groups in total. The molecular formula is C54H40. The predicted molar refractivity (Wildman–Crippen MR) is 230 cm³/mol. The molecule has 0 amide bonds. The van der Waals surface area contributed by atoms with E-state index in [1.54, 1.807) is 0 Å². The molecule has 9 aromatic carbocycles. The van der Waals surface area contributed by atoms with Gasteiger partial charge in [0.1, 0.15) is 0 Å². The third kappa shape index (κ3) is 4.32. The van der Waals surface area contributed by atoms with Crippen LogP contribution in [0.2, 0.25) is 0 Å². The van der Waals surface area contributed by atoms with Crippen LogP contribution in [0.4, 0.5) is 0 Å². The molecule has 0 fully saturated rings. The molecule has 54 heavy (non-hydrogen) atoms. The van der Waals surface area contributed by atoms with Gasteiger partial charge < -0.3 is 0 Å². The molecule has 0 nitrogen and oxygen atoms in total. The summed E-state index contributed by atoms with van der Waals surface area (Å²) >= 11 is 0. The second kappa shape index (κ2) is 11.1. The van der Waals surface area contributed by atoms with E-state index in [0.717, 1.165) is 0 Å². The highest BCUT2D eigenvalue weighted by Crippen LogP contribution is 2.54. The van der Waals surface area contributed by atoms with Crippen LogP contribution in [0.5, 0.6) is 0 Å². The lowest BCUT2D eigenvalue weighted by molar-refractivity contribution is 0.660. The summed E-state index contributed by atoms with van der Waals surface area (Å²) in [6, 6.07) is 63.9. The fourth-order valence-corrected chi connectivity index (χ4v) is 10.0. The molecule has 0 saturated carbocycles. The Kier molecular flexibility index (Phi) is 6.46. The van der Waals surface area contributed by atoms with Crippen molar-refractivity contribution in [1.29, 1.82) is 0 Å². The second-order valence-corrected chi connectivity index (χ2v) is 16.5. The van der Waals surface area contributed by atoms with Crippen molar-refractivity contribution in [3.05, 3.63) is 192 Å². The molecule has 0 atom stereocenters. The van der Waals surface area contributed by atoms with Crippen molar-refractivity contribution in [2.45, 2.75) is 38.5 Å². The van der Waals surface area contributed by atoms with E-state index in [0.29, 0.717) is 0 Å². The maximum Gasteiger partial charge on any atom is 0.0159 e. The molecule has 2 aliphatic carbocycles. The minimum absolute atomic E-state index is 0.0685. The number of rotatable bonds is 3. The molecule has 0 saturated heterocycles. The van der Waals surface area contributed by atoms with Gasteiger partial charge in [-0.3, -0.25) is 0 Å². The van der Waals surface area contributed by atoms with Crippen LogP contribution in [0, 0.1) is 0 Å². The number of benzene rings is 9. The summed E-state index contributed by atoms with van der Waals surface area (Å²) in [5, 5.41) is 7.78. The topological polar surface area (TPSA) is 0 Å². The van der Waals surface area contributed by atoms with Gasteiger partial charge in [0.2, 0.25) is 0 Å². The number of fused-ring (bicyclic) bond motifs is 9. The van der Waals surface area contributed by atoms with Crippen LogP contribution in [0.25, 0.3) is 88.0 Å². The van der Waals surface area contributed by atoms with E-state index in [4.69, 9.17) is 0 Å². The summed E-state index contributed by atoms with van der Waals surface area (Å²) in [4.78, 5) is 0. The van der Waals surface area contributed by atoms with E-state index in [1.165, 1.54) is 110 Å². The zero-order valence-electron chi connectivity index (χ0n) is 31.2. The van der Waals surface area contributed by atoms with Gasteiger partial charge in [0, 0.05) is 10.8 Å². The molecule has 0 unspecified atom stereocenters. The maximum atomic E-state index is 2.49.